The molecule has 0 radical (unpaired) electrons. The maximum atomic E-state index is 6.03. The third-order valence-corrected chi connectivity index (χ3v) is 2.76. The molecule has 0 aromatic heterocycles. The van der Waals surface area contributed by atoms with Crippen molar-refractivity contribution in [3.05, 3.63) is 12.7 Å². The van der Waals surface area contributed by atoms with Gasteiger partial charge >= 0.3 is 0 Å². The standard InChI is InChI=1S/C10H20N2/c1-3-8-12(2)10-7-5-4-6-9(10)11/h3,9-10H,1,4-8,11H2,2H3. The molecule has 1 saturated carbocycles. The molecule has 0 spiro atoms. The van der Waals surface area contributed by atoms with Crippen molar-refractivity contribution in [1.82, 2.24) is 4.90 Å². The first-order valence-corrected chi connectivity index (χ1v) is 4.82. The highest BCUT2D eigenvalue weighted by Crippen LogP contribution is 2.20. The lowest BCUT2D eigenvalue weighted by atomic mass is 9.90. The van der Waals surface area contributed by atoms with E-state index in [0.29, 0.717) is 12.1 Å². The molecule has 2 nitrogen and oxygen atoms in total. The van der Waals surface area contributed by atoms with Gasteiger partial charge in [-0.25, -0.2) is 0 Å². The minimum atomic E-state index is 0.378. The summed E-state index contributed by atoms with van der Waals surface area (Å²) in [7, 11) is 2.14. The second-order valence-electron chi connectivity index (χ2n) is 3.74. The Kier molecular flexibility index (Phi) is 3.76. The molecule has 12 heavy (non-hydrogen) atoms. The topological polar surface area (TPSA) is 29.3 Å². The van der Waals surface area contributed by atoms with Gasteiger partial charge in [-0.15, -0.1) is 6.58 Å². The summed E-state index contributed by atoms with van der Waals surface area (Å²) in [5.74, 6) is 0. The van der Waals surface area contributed by atoms with Gasteiger partial charge in [-0.3, -0.25) is 4.90 Å². The van der Waals surface area contributed by atoms with Gasteiger partial charge in [0.15, 0.2) is 0 Å². The molecule has 0 aromatic rings. The predicted octanol–water partition coefficient (Wildman–Crippen LogP) is 1.37. The van der Waals surface area contributed by atoms with Crippen LogP contribution in [0.3, 0.4) is 0 Å². The van der Waals surface area contributed by atoms with Gasteiger partial charge in [0.2, 0.25) is 0 Å². The molecule has 2 heteroatoms. The lowest BCUT2D eigenvalue weighted by Crippen LogP contribution is -2.47. The Morgan fingerprint density at radius 3 is 2.75 bits per heavy atom. The molecule has 0 heterocycles. The van der Waals surface area contributed by atoms with Crippen molar-refractivity contribution in [2.24, 2.45) is 5.73 Å². The van der Waals surface area contributed by atoms with Gasteiger partial charge in [0, 0.05) is 18.6 Å². The van der Waals surface area contributed by atoms with Crippen molar-refractivity contribution in [2.75, 3.05) is 13.6 Å². The van der Waals surface area contributed by atoms with E-state index < -0.39 is 0 Å². The second kappa shape index (κ2) is 4.63. The van der Waals surface area contributed by atoms with E-state index in [4.69, 9.17) is 5.73 Å². The average Bonchev–Trinajstić information content (AvgIpc) is 2.05. The van der Waals surface area contributed by atoms with E-state index in [1.54, 1.807) is 0 Å². The van der Waals surface area contributed by atoms with E-state index in [1.165, 1.54) is 25.7 Å². The van der Waals surface area contributed by atoms with Crippen LogP contribution in [0.1, 0.15) is 25.7 Å². The van der Waals surface area contributed by atoms with Crippen molar-refractivity contribution >= 4 is 0 Å². The maximum absolute atomic E-state index is 6.03. The molecule has 0 aromatic carbocycles. The Hall–Kier alpha value is -0.340. The number of nitrogens with two attached hydrogens (primary N) is 1. The number of hydrogen-bond acceptors (Lipinski definition) is 2. The molecule has 2 N–H and O–H groups in total. The molecule has 0 saturated heterocycles. The summed E-state index contributed by atoms with van der Waals surface area (Å²) in [5.41, 5.74) is 6.03. The molecule has 70 valence electrons. The van der Waals surface area contributed by atoms with E-state index in [0.717, 1.165) is 6.54 Å². The van der Waals surface area contributed by atoms with E-state index >= 15 is 0 Å². The van der Waals surface area contributed by atoms with Crippen LogP contribution in [0.5, 0.6) is 0 Å². The van der Waals surface area contributed by atoms with Crippen LogP contribution in [0, 0.1) is 0 Å². The van der Waals surface area contributed by atoms with Crippen molar-refractivity contribution < 1.29 is 0 Å². The van der Waals surface area contributed by atoms with Crippen LogP contribution in [0.4, 0.5) is 0 Å². The fourth-order valence-corrected chi connectivity index (χ4v) is 2.03. The Labute approximate surface area is 75.4 Å². The first-order valence-electron chi connectivity index (χ1n) is 4.82. The van der Waals surface area contributed by atoms with Crippen molar-refractivity contribution in [2.45, 2.75) is 37.8 Å². The van der Waals surface area contributed by atoms with Gasteiger partial charge in [-0.2, -0.15) is 0 Å². The predicted molar refractivity (Wildman–Crippen MR) is 53.1 cm³/mol. The lowest BCUT2D eigenvalue weighted by Gasteiger charge is -2.35. The number of rotatable bonds is 3. The smallest absolute Gasteiger partial charge is 0.0247 e. The third-order valence-electron chi connectivity index (χ3n) is 2.76. The van der Waals surface area contributed by atoms with E-state index in [9.17, 15) is 0 Å². The highest BCUT2D eigenvalue weighted by atomic mass is 15.1. The highest BCUT2D eigenvalue weighted by Gasteiger charge is 2.24. The average molecular weight is 168 g/mol. The SMILES string of the molecule is C=CCN(C)C1CCCCC1N. The minimum absolute atomic E-state index is 0.378. The molecule has 1 rings (SSSR count). The first kappa shape index (κ1) is 9.75. The maximum Gasteiger partial charge on any atom is 0.0247 e. The normalized spacial score (nSPS) is 30.6. The fraction of sp³-hybridized carbons (Fsp3) is 0.800. The summed E-state index contributed by atoms with van der Waals surface area (Å²) in [6, 6.07) is 0.959. The molecule has 1 aliphatic carbocycles. The number of hydrogen-bond donors (Lipinski definition) is 1. The van der Waals surface area contributed by atoms with Crippen LogP contribution in [-0.4, -0.2) is 30.6 Å². The zero-order valence-electron chi connectivity index (χ0n) is 8.00. The van der Waals surface area contributed by atoms with E-state index in [1.807, 2.05) is 6.08 Å². The van der Waals surface area contributed by atoms with Crippen molar-refractivity contribution in [3.63, 3.8) is 0 Å². The van der Waals surface area contributed by atoms with Crippen molar-refractivity contribution in [1.29, 1.82) is 0 Å². The summed E-state index contributed by atoms with van der Waals surface area (Å²) in [4.78, 5) is 2.32. The monoisotopic (exact) mass is 168 g/mol. The zero-order valence-corrected chi connectivity index (χ0v) is 8.00. The van der Waals surface area contributed by atoms with Crippen LogP contribution in [0.25, 0.3) is 0 Å². The minimum Gasteiger partial charge on any atom is -0.326 e. The van der Waals surface area contributed by atoms with Gasteiger partial charge in [-0.05, 0) is 19.9 Å². The number of nitrogens with zero attached hydrogens (tertiary/aromatic N) is 1. The van der Waals surface area contributed by atoms with Gasteiger partial charge in [0.05, 0.1) is 0 Å². The largest absolute Gasteiger partial charge is 0.326 e. The number of likely N-dealkylation sites (N-methyl/N-ethyl adjacent to an activating group) is 1. The molecule has 2 unspecified atom stereocenters. The molecular formula is C10H20N2. The van der Waals surface area contributed by atoms with Crippen LogP contribution in [0.15, 0.2) is 12.7 Å². The van der Waals surface area contributed by atoms with Crippen LogP contribution in [0.2, 0.25) is 0 Å². The van der Waals surface area contributed by atoms with Crippen LogP contribution in [-0.2, 0) is 0 Å². The zero-order chi connectivity index (χ0) is 8.97. The summed E-state index contributed by atoms with van der Waals surface area (Å²) in [5, 5.41) is 0. The Bertz CT molecular complexity index is 145. The molecule has 0 amide bonds. The molecule has 1 aliphatic rings. The molecule has 0 bridgehead atoms. The highest BCUT2D eigenvalue weighted by molar-refractivity contribution is 4.87. The molecule has 2 atom stereocenters. The molecular weight excluding hydrogens is 148 g/mol. The van der Waals surface area contributed by atoms with Gasteiger partial charge in [0.25, 0.3) is 0 Å². The third kappa shape index (κ3) is 2.32. The van der Waals surface area contributed by atoms with Gasteiger partial charge in [-0.1, -0.05) is 18.9 Å². The van der Waals surface area contributed by atoms with Gasteiger partial charge in [0.1, 0.15) is 0 Å². The fourth-order valence-electron chi connectivity index (χ4n) is 2.03. The van der Waals surface area contributed by atoms with Crippen LogP contribution >= 0.6 is 0 Å². The van der Waals surface area contributed by atoms with E-state index in [2.05, 4.69) is 18.5 Å². The Morgan fingerprint density at radius 1 is 1.50 bits per heavy atom. The van der Waals surface area contributed by atoms with E-state index in [-0.39, 0.29) is 0 Å². The van der Waals surface area contributed by atoms with Crippen molar-refractivity contribution in [3.8, 4) is 0 Å². The summed E-state index contributed by atoms with van der Waals surface area (Å²) in [6.45, 7) is 4.69. The van der Waals surface area contributed by atoms with Gasteiger partial charge < -0.3 is 5.73 Å². The van der Waals surface area contributed by atoms with Crippen LogP contribution < -0.4 is 5.73 Å². The summed E-state index contributed by atoms with van der Waals surface area (Å²) >= 11 is 0. The molecule has 0 aliphatic heterocycles. The summed E-state index contributed by atoms with van der Waals surface area (Å²) in [6.07, 6.45) is 7.03. The lowest BCUT2D eigenvalue weighted by molar-refractivity contribution is 0.184. The first-order chi connectivity index (χ1) is 5.75. The Balaban J connectivity index is 2.41. The summed E-state index contributed by atoms with van der Waals surface area (Å²) < 4.78 is 0. The Morgan fingerprint density at radius 2 is 2.17 bits per heavy atom. The molecule has 1 fully saturated rings. The second-order valence-corrected chi connectivity index (χ2v) is 3.74. The quantitative estimate of drug-likeness (QED) is 0.645.